The molecule has 1 aliphatic heterocycles. The van der Waals surface area contributed by atoms with Crippen LogP contribution >= 0.6 is 0 Å². The number of morpholine rings is 1. The number of ether oxygens (including phenoxy) is 1. The van der Waals surface area contributed by atoms with Gasteiger partial charge in [-0.25, -0.2) is 0 Å². The van der Waals surface area contributed by atoms with Crippen molar-refractivity contribution in [2.45, 2.75) is 12.5 Å². The van der Waals surface area contributed by atoms with Gasteiger partial charge in [-0.05, 0) is 23.3 Å². The lowest BCUT2D eigenvalue weighted by Gasteiger charge is -2.30. The summed E-state index contributed by atoms with van der Waals surface area (Å²) < 4.78 is 5.36. The highest BCUT2D eigenvalue weighted by atomic mass is 16.5. The van der Waals surface area contributed by atoms with Crippen LogP contribution in [0.25, 0.3) is 0 Å². The Morgan fingerprint density at radius 3 is 2.65 bits per heavy atom. The van der Waals surface area contributed by atoms with Gasteiger partial charge in [0.25, 0.3) is 0 Å². The molecule has 1 N–H and O–H groups in total. The smallest absolute Gasteiger partial charge is 0.231 e. The molecule has 1 fully saturated rings. The predicted octanol–water partition coefficient (Wildman–Crippen LogP) is 2.29. The van der Waals surface area contributed by atoms with Crippen LogP contribution in [0.3, 0.4) is 0 Å². The van der Waals surface area contributed by atoms with Crippen molar-refractivity contribution in [2.24, 2.45) is 0 Å². The highest BCUT2D eigenvalue weighted by Crippen LogP contribution is 2.19. The van der Waals surface area contributed by atoms with Gasteiger partial charge in [-0.3, -0.25) is 4.79 Å². The molecule has 1 aliphatic rings. The molecule has 0 bridgehead atoms. The molecular weight excluding hydrogens is 326 g/mol. The summed E-state index contributed by atoms with van der Waals surface area (Å²) in [5, 5.41) is 12.4. The van der Waals surface area contributed by atoms with Gasteiger partial charge in [0.15, 0.2) is 0 Å². The zero-order valence-electron chi connectivity index (χ0n) is 14.7. The molecule has 0 spiro atoms. The first-order valence-corrected chi connectivity index (χ1v) is 8.89. The number of amides is 1. The standard InChI is InChI=1S/C21H23N3O2/c22-14-17-5-4-6-18(13-17)15-23-16-20(19-7-2-1-3-8-19)21(25)24-9-11-26-12-10-24/h1-8,13,20,23H,9-12,15-16H2. The van der Waals surface area contributed by atoms with E-state index in [0.717, 1.165) is 11.1 Å². The quantitative estimate of drug-likeness (QED) is 0.869. The lowest BCUT2D eigenvalue weighted by atomic mass is 9.97. The van der Waals surface area contributed by atoms with E-state index in [1.54, 1.807) is 6.07 Å². The summed E-state index contributed by atoms with van der Waals surface area (Å²) >= 11 is 0. The van der Waals surface area contributed by atoms with Crippen molar-refractivity contribution in [1.82, 2.24) is 10.2 Å². The van der Waals surface area contributed by atoms with E-state index in [1.165, 1.54) is 0 Å². The average Bonchev–Trinajstić information content (AvgIpc) is 2.72. The molecular formula is C21H23N3O2. The number of carbonyl (C=O) groups is 1. The lowest BCUT2D eigenvalue weighted by Crippen LogP contribution is -2.45. The highest BCUT2D eigenvalue weighted by molar-refractivity contribution is 5.84. The third-order valence-corrected chi connectivity index (χ3v) is 4.56. The van der Waals surface area contributed by atoms with Gasteiger partial charge in [0.2, 0.25) is 5.91 Å². The summed E-state index contributed by atoms with van der Waals surface area (Å²) in [5.74, 6) is -0.0915. The first kappa shape index (κ1) is 18.1. The van der Waals surface area contributed by atoms with E-state index in [2.05, 4.69) is 11.4 Å². The molecule has 0 aliphatic carbocycles. The number of rotatable bonds is 6. The van der Waals surface area contributed by atoms with Crippen molar-refractivity contribution in [3.8, 4) is 6.07 Å². The number of nitriles is 1. The molecule has 1 amide bonds. The highest BCUT2D eigenvalue weighted by Gasteiger charge is 2.26. The minimum Gasteiger partial charge on any atom is -0.378 e. The van der Waals surface area contributed by atoms with Crippen LogP contribution in [0.4, 0.5) is 0 Å². The lowest BCUT2D eigenvalue weighted by molar-refractivity contribution is -0.136. The van der Waals surface area contributed by atoms with Gasteiger partial charge in [0.05, 0.1) is 30.8 Å². The molecule has 0 saturated carbocycles. The van der Waals surface area contributed by atoms with E-state index in [1.807, 2.05) is 53.4 Å². The van der Waals surface area contributed by atoms with E-state index in [4.69, 9.17) is 10.00 Å². The Morgan fingerprint density at radius 1 is 1.15 bits per heavy atom. The van der Waals surface area contributed by atoms with Crippen LogP contribution in [0.2, 0.25) is 0 Å². The van der Waals surface area contributed by atoms with Crippen molar-refractivity contribution < 1.29 is 9.53 Å². The third kappa shape index (κ3) is 4.69. The molecule has 134 valence electrons. The number of nitrogens with zero attached hydrogens (tertiary/aromatic N) is 2. The molecule has 1 unspecified atom stereocenters. The first-order chi connectivity index (χ1) is 12.8. The number of hydrogen-bond donors (Lipinski definition) is 1. The number of benzene rings is 2. The molecule has 5 nitrogen and oxygen atoms in total. The monoisotopic (exact) mass is 349 g/mol. The number of carbonyl (C=O) groups excluding carboxylic acids is 1. The van der Waals surface area contributed by atoms with E-state index < -0.39 is 0 Å². The SMILES string of the molecule is N#Cc1cccc(CNCC(C(=O)N2CCOCC2)c2ccccc2)c1. The van der Waals surface area contributed by atoms with Crippen LogP contribution < -0.4 is 5.32 Å². The van der Waals surface area contributed by atoms with Gasteiger partial charge in [-0.1, -0.05) is 42.5 Å². The van der Waals surface area contributed by atoms with Crippen LogP contribution in [0.15, 0.2) is 54.6 Å². The Bertz CT molecular complexity index is 764. The molecule has 2 aromatic rings. The Morgan fingerprint density at radius 2 is 1.92 bits per heavy atom. The van der Waals surface area contributed by atoms with Crippen molar-refractivity contribution in [2.75, 3.05) is 32.8 Å². The maximum atomic E-state index is 13.0. The summed E-state index contributed by atoms with van der Waals surface area (Å²) in [6.07, 6.45) is 0. The van der Waals surface area contributed by atoms with Crippen LogP contribution in [-0.4, -0.2) is 43.7 Å². The fraction of sp³-hybridized carbons (Fsp3) is 0.333. The summed E-state index contributed by atoms with van der Waals surface area (Å²) in [4.78, 5) is 14.9. The topological polar surface area (TPSA) is 65.4 Å². The van der Waals surface area contributed by atoms with Gasteiger partial charge >= 0.3 is 0 Å². The van der Waals surface area contributed by atoms with Gasteiger partial charge in [0, 0.05) is 26.2 Å². The van der Waals surface area contributed by atoms with Crippen molar-refractivity contribution in [3.05, 3.63) is 71.3 Å². The van der Waals surface area contributed by atoms with Gasteiger partial charge in [-0.15, -0.1) is 0 Å². The fourth-order valence-electron chi connectivity index (χ4n) is 3.15. The van der Waals surface area contributed by atoms with Crippen molar-refractivity contribution in [1.29, 1.82) is 5.26 Å². The number of hydrogen-bond acceptors (Lipinski definition) is 4. The molecule has 3 rings (SSSR count). The second-order valence-corrected chi connectivity index (χ2v) is 6.34. The van der Waals surface area contributed by atoms with Crippen LogP contribution in [-0.2, 0) is 16.1 Å². The summed E-state index contributed by atoms with van der Waals surface area (Å²) in [6.45, 7) is 3.66. The zero-order chi connectivity index (χ0) is 18.2. The second-order valence-electron chi connectivity index (χ2n) is 6.34. The third-order valence-electron chi connectivity index (χ3n) is 4.56. The van der Waals surface area contributed by atoms with Crippen LogP contribution in [0.5, 0.6) is 0 Å². The maximum Gasteiger partial charge on any atom is 0.231 e. The second kappa shape index (κ2) is 9.14. The molecule has 5 heteroatoms. The Hall–Kier alpha value is -2.68. The van der Waals surface area contributed by atoms with Crippen molar-refractivity contribution >= 4 is 5.91 Å². The van der Waals surface area contributed by atoms with E-state index >= 15 is 0 Å². The molecule has 1 atom stereocenters. The van der Waals surface area contributed by atoms with Crippen LogP contribution in [0, 0.1) is 11.3 Å². The molecule has 1 saturated heterocycles. The molecule has 1 heterocycles. The first-order valence-electron chi connectivity index (χ1n) is 8.89. The molecule has 0 radical (unpaired) electrons. The molecule has 26 heavy (non-hydrogen) atoms. The van der Waals surface area contributed by atoms with Gasteiger partial charge in [0.1, 0.15) is 0 Å². The van der Waals surface area contributed by atoms with E-state index in [-0.39, 0.29) is 11.8 Å². The van der Waals surface area contributed by atoms with E-state index in [9.17, 15) is 4.79 Å². The molecule has 2 aromatic carbocycles. The summed E-state index contributed by atoms with van der Waals surface area (Å²) in [6, 6.07) is 19.6. The normalized spacial score (nSPS) is 15.3. The fourth-order valence-corrected chi connectivity index (χ4v) is 3.15. The summed E-state index contributed by atoms with van der Waals surface area (Å²) in [7, 11) is 0. The maximum absolute atomic E-state index is 13.0. The Kier molecular flexibility index (Phi) is 6.37. The van der Waals surface area contributed by atoms with Gasteiger partial charge in [-0.2, -0.15) is 5.26 Å². The average molecular weight is 349 g/mol. The minimum atomic E-state index is -0.228. The Labute approximate surface area is 154 Å². The van der Waals surface area contributed by atoms with Crippen molar-refractivity contribution in [3.63, 3.8) is 0 Å². The number of nitrogens with one attached hydrogen (secondary N) is 1. The molecule has 0 aromatic heterocycles. The van der Waals surface area contributed by atoms with Crippen LogP contribution in [0.1, 0.15) is 22.6 Å². The predicted molar refractivity (Wildman–Crippen MR) is 99.4 cm³/mol. The largest absolute Gasteiger partial charge is 0.378 e. The Balaban J connectivity index is 1.67. The summed E-state index contributed by atoms with van der Waals surface area (Å²) in [5.41, 5.74) is 2.70. The minimum absolute atomic E-state index is 0.137. The van der Waals surface area contributed by atoms with E-state index in [0.29, 0.717) is 45.0 Å². The zero-order valence-corrected chi connectivity index (χ0v) is 14.7. The van der Waals surface area contributed by atoms with Gasteiger partial charge < -0.3 is 15.0 Å².